The van der Waals surface area contributed by atoms with Crippen LogP contribution in [0.2, 0.25) is 0 Å². The topological polar surface area (TPSA) is 0 Å². The second-order valence-corrected chi connectivity index (χ2v) is 16.2. The van der Waals surface area contributed by atoms with Crippen molar-refractivity contribution < 1.29 is 0 Å². The van der Waals surface area contributed by atoms with E-state index in [2.05, 4.69) is 194 Å². The summed E-state index contributed by atoms with van der Waals surface area (Å²) in [5.41, 5.74) is 10.0. The van der Waals surface area contributed by atoms with E-state index in [1.807, 2.05) is 22.7 Å². The van der Waals surface area contributed by atoms with E-state index in [4.69, 9.17) is 0 Å². The lowest BCUT2D eigenvalue weighted by atomic mass is 9.84. The van der Waals surface area contributed by atoms with Crippen molar-refractivity contribution in [3.8, 4) is 54.3 Å². The van der Waals surface area contributed by atoms with Crippen LogP contribution in [0.1, 0.15) is 0 Å². The Morgan fingerprint density at radius 3 is 1.67 bits per heavy atom. The Balaban J connectivity index is 1.18. The summed E-state index contributed by atoms with van der Waals surface area (Å²) in [5.74, 6) is 0. The molecule has 0 aliphatic heterocycles. The summed E-state index contributed by atoms with van der Waals surface area (Å²) in [6, 6.07) is 71.8. The second-order valence-electron chi connectivity index (χ2n) is 14.0. The average Bonchev–Trinajstić information content (AvgIpc) is 3.88. The summed E-state index contributed by atoms with van der Waals surface area (Å²) < 4.78 is 2.65. The Labute approximate surface area is 321 Å². The maximum Gasteiger partial charge on any atom is 0.0361 e. The highest BCUT2D eigenvalue weighted by Gasteiger charge is 2.19. The molecule has 0 bridgehead atoms. The highest BCUT2D eigenvalue weighted by Crippen LogP contribution is 2.47. The van der Waals surface area contributed by atoms with Crippen molar-refractivity contribution in [2.45, 2.75) is 0 Å². The molecular formula is C52H32S2. The van der Waals surface area contributed by atoms with Crippen LogP contribution in [0.4, 0.5) is 0 Å². The van der Waals surface area contributed by atoms with Gasteiger partial charge in [0.15, 0.2) is 0 Å². The molecule has 0 aliphatic carbocycles. The van der Waals surface area contributed by atoms with Gasteiger partial charge in [-0.05, 0) is 113 Å². The van der Waals surface area contributed by atoms with E-state index in [0.717, 1.165) is 0 Å². The minimum absolute atomic E-state index is 1.23. The molecule has 0 nitrogen and oxygen atoms in total. The Morgan fingerprint density at radius 2 is 0.815 bits per heavy atom. The zero-order chi connectivity index (χ0) is 35.6. The van der Waals surface area contributed by atoms with Gasteiger partial charge in [-0.3, -0.25) is 0 Å². The summed E-state index contributed by atoms with van der Waals surface area (Å²) in [6.45, 7) is 0. The van der Waals surface area contributed by atoms with Crippen LogP contribution >= 0.6 is 22.7 Å². The smallest absolute Gasteiger partial charge is 0.0361 e. The molecule has 9 aromatic carbocycles. The molecular weight excluding hydrogens is 689 g/mol. The van der Waals surface area contributed by atoms with Crippen molar-refractivity contribution in [2.24, 2.45) is 0 Å². The van der Waals surface area contributed by atoms with Gasteiger partial charge in [0, 0.05) is 29.9 Å². The van der Waals surface area contributed by atoms with Gasteiger partial charge in [0.2, 0.25) is 0 Å². The number of thiophene rings is 2. The van der Waals surface area contributed by atoms with Crippen LogP contribution in [0.15, 0.2) is 194 Å². The van der Waals surface area contributed by atoms with Gasteiger partial charge in [-0.2, -0.15) is 0 Å². The summed E-state index contributed by atoms with van der Waals surface area (Å²) in [7, 11) is 0. The maximum absolute atomic E-state index is 2.45. The van der Waals surface area contributed by atoms with Crippen molar-refractivity contribution in [3.63, 3.8) is 0 Å². The van der Waals surface area contributed by atoms with Gasteiger partial charge in [-0.1, -0.05) is 158 Å². The highest BCUT2D eigenvalue weighted by atomic mass is 32.1. The predicted octanol–water partition coefficient (Wildman–Crippen LogP) is 15.9. The summed E-state index contributed by atoms with van der Waals surface area (Å²) in [4.78, 5) is 2.56. The first-order chi connectivity index (χ1) is 26.8. The highest BCUT2D eigenvalue weighted by molar-refractivity contribution is 7.25. The van der Waals surface area contributed by atoms with Gasteiger partial charge in [-0.25, -0.2) is 0 Å². The number of rotatable bonds is 5. The summed E-state index contributed by atoms with van der Waals surface area (Å²) in [5, 5.41) is 10.2. The van der Waals surface area contributed by atoms with Crippen LogP contribution in [0.5, 0.6) is 0 Å². The maximum atomic E-state index is 2.45. The van der Waals surface area contributed by atoms with Crippen molar-refractivity contribution in [1.29, 1.82) is 0 Å². The van der Waals surface area contributed by atoms with Crippen LogP contribution in [0.3, 0.4) is 0 Å². The van der Waals surface area contributed by atoms with Crippen LogP contribution < -0.4 is 0 Å². The molecule has 11 aromatic rings. The van der Waals surface area contributed by atoms with Gasteiger partial charge in [0.05, 0.1) is 0 Å². The first-order valence-corrected chi connectivity index (χ1v) is 20.0. The molecule has 0 atom stereocenters. The Morgan fingerprint density at radius 1 is 0.259 bits per heavy atom. The van der Waals surface area contributed by atoms with Gasteiger partial charge in [-0.15, -0.1) is 22.7 Å². The molecule has 0 N–H and O–H groups in total. The van der Waals surface area contributed by atoms with Gasteiger partial charge < -0.3 is 0 Å². The Bertz CT molecular complexity index is 3210. The third-order valence-corrected chi connectivity index (χ3v) is 13.2. The number of fused-ring (bicyclic) bond motifs is 6. The first-order valence-electron chi connectivity index (χ1n) is 18.4. The molecule has 0 aliphatic rings. The number of benzene rings is 9. The van der Waals surface area contributed by atoms with Crippen molar-refractivity contribution in [1.82, 2.24) is 0 Å². The van der Waals surface area contributed by atoms with Crippen LogP contribution in [-0.2, 0) is 0 Å². The van der Waals surface area contributed by atoms with Crippen LogP contribution in [-0.4, -0.2) is 0 Å². The molecule has 0 radical (unpaired) electrons. The second kappa shape index (κ2) is 12.7. The van der Waals surface area contributed by atoms with Gasteiger partial charge in [0.25, 0.3) is 0 Å². The molecule has 2 heterocycles. The number of hydrogen-bond acceptors (Lipinski definition) is 2. The number of hydrogen-bond donors (Lipinski definition) is 0. The van der Waals surface area contributed by atoms with Crippen LogP contribution in [0.25, 0.3) is 107 Å². The zero-order valence-electron chi connectivity index (χ0n) is 29.3. The largest absolute Gasteiger partial charge is 0.135 e. The molecule has 11 rings (SSSR count). The lowest BCUT2D eigenvalue weighted by Crippen LogP contribution is -1.92. The van der Waals surface area contributed by atoms with Crippen molar-refractivity contribution in [3.05, 3.63) is 194 Å². The predicted molar refractivity (Wildman–Crippen MR) is 237 cm³/mol. The molecule has 0 saturated heterocycles. The fourth-order valence-electron chi connectivity index (χ4n) is 8.41. The third kappa shape index (κ3) is 5.10. The molecule has 2 heteroatoms. The monoisotopic (exact) mass is 720 g/mol. The minimum atomic E-state index is 1.23. The van der Waals surface area contributed by atoms with E-state index in [1.54, 1.807) is 0 Å². The minimum Gasteiger partial charge on any atom is -0.135 e. The lowest BCUT2D eigenvalue weighted by molar-refractivity contribution is 1.65. The van der Waals surface area contributed by atoms with Crippen molar-refractivity contribution in [2.75, 3.05) is 0 Å². The van der Waals surface area contributed by atoms with E-state index >= 15 is 0 Å². The molecule has 252 valence electrons. The fourth-order valence-corrected chi connectivity index (χ4v) is 10.6. The van der Waals surface area contributed by atoms with Crippen LogP contribution in [0, 0.1) is 0 Å². The lowest BCUT2D eigenvalue weighted by Gasteiger charge is -2.19. The molecule has 54 heavy (non-hydrogen) atoms. The summed E-state index contributed by atoms with van der Waals surface area (Å²) >= 11 is 3.74. The van der Waals surface area contributed by atoms with E-state index in [1.165, 1.54) is 107 Å². The standard InChI is InChI=1S/C52H32S2/c1-2-13-34(14-3-1)47-28-29-48(53-47)36-16-10-17-37(30-36)51-43-20-6-7-21-44(43)52(38-25-26-42-41-19-8-9-23-49(41)54-50(42)32-38)46-31-35(24-27-45(46)51)40-22-11-15-33-12-4-5-18-39(33)40/h1-32H. The molecule has 0 unspecified atom stereocenters. The molecule has 0 amide bonds. The Kier molecular flexibility index (Phi) is 7.33. The molecule has 0 saturated carbocycles. The van der Waals surface area contributed by atoms with Crippen molar-refractivity contribution >= 4 is 75.2 Å². The third-order valence-electron chi connectivity index (χ3n) is 10.9. The molecule has 0 spiro atoms. The normalized spacial score (nSPS) is 11.7. The van der Waals surface area contributed by atoms with E-state index in [9.17, 15) is 0 Å². The zero-order valence-corrected chi connectivity index (χ0v) is 30.9. The molecule has 0 fully saturated rings. The molecule has 2 aromatic heterocycles. The summed E-state index contributed by atoms with van der Waals surface area (Å²) in [6.07, 6.45) is 0. The van der Waals surface area contributed by atoms with Gasteiger partial charge in [0.1, 0.15) is 0 Å². The first kappa shape index (κ1) is 31.2. The average molecular weight is 721 g/mol. The van der Waals surface area contributed by atoms with E-state index < -0.39 is 0 Å². The Hall–Kier alpha value is -6.32. The quantitative estimate of drug-likeness (QED) is 0.155. The van der Waals surface area contributed by atoms with E-state index in [-0.39, 0.29) is 0 Å². The van der Waals surface area contributed by atoms with E-state index in [0.29, 0.717) is 0 Å². The fraction of sp³-hybridized carbons (Fsp3) is 0. The van der Waals surface area contributed by atoms with Gasteiger partial charge >= 0.3 is 0 Å². The SMILES string of the molecule is c1ccc(-c2ccc(-c3cccc(-c4c5ccccc5c(-c5ccc6c(c5)sc5ccccc56)c5cc(-c6cccc7ccccc67)ccc45)c3)s2)cc1.